The van der Waals surface area contributed by atoms with Crippen LogP contribution in [0.4, 0.5) is 0 Å². The second-order valence-corrected chi connectivity index (χ2v) is 6.61. The van der Waals surface area contributed by atoms with Crippen molar-refractivity contribution in [1.29, 1.82) is 0 Å². The number of nitrogens with zero attached hydrogens (tertiary/aromatic N) is 2. The van der Waals surface area contributed by atoms with Gasteiger partial charge in [0.1, 0.15) is 12.1 Å². The molecule has 1 aromatic heterocycles. The van der Waals surface area contributed by atoms with Crippen molar-refractivity contribution < 1.29 is 14.3 Å². The molecular weight excluding hydrogens is 324 g/mol. The molecule has 1 amide bonds. The van der Waals surface area contributed by atoms with E-state index in [1.807, 2.05) is 0 Å². The molecule has 1 saturated heterocycles. The molecule has 0 bridgehead atoms. The summed E-state index contributed by atoms with van der Waals surface area (Å²) in [6.07, 6.45) is 3.21. The molecular formula is C16H30N6O3. The van der Waals surface area contributed by atoms with Crippen LogP contribution in [0, 0.1) is 5.92 Å². The zero-order chi connectivity index (χ0) is 18.2. The third-order valence-electron chi connectivity index (χ3n) is 4.53. The summed E-state index contributed by atoms with van der Waals surface area (Å²) in [6, 6.07) is -1.11. The van der Waals surface area contributed by atoms with Gasteiger partial charge in [-0.2, -0.15) is 0 Å². The molecule has 0 saturated carbocycles. The largest absolute Gasteiger partial charge is 0.421 e. The third-order valence-corrected chi connectivity index (χ3v) is 4.53. The van der Waals surface area contributed by atoms with Gasteiger partial charge in [-0.15, -0.1) is 10.2 Å². The highest BCUT2D eigenvalue weighted by Crippen LogP contribution is 2.23. The first-order valence-electron chi connectivity index (χ1n) is 9.01. The average Bonchev–Trinajstić information content (AvgIpc) is 3.10. The normalized spacial score (nSPS) is 19.4. The SMILES string of the molecule is C[C@@H](O)[C@H](N)c1nnc([C@H](CCCCN)NC(=O)C2CCNCC2)o1. The van der Waals surface area contributed by atoms with Gasteiger partial charge in [0.2, 0.25) is 17.7 Å². The lowest BCUT2D eigenvalue weighted by molar-refractivity contribution is -0.126. The number of unbranched alkanes of at least 4 members (excludes halogenated alkanes) is 1. The molecule has 142 valence electrons. The molecule has 1 aliphatic rings. The van der Waals surface area contributed by atoms with Crippen molar-refractivity contribution in [3.05, 3.63) is 11.8 Å². The van der Waals surface area contributed by atoms with Crippen LogP contribution in [-0.4, -0.2) is 46.9 Å². The number of nitrogens with two attached hydrogens (primary N) is 2. The van der Waals surface area contributed by atoms with Crippen LogP contribution >= 0.6 is 0 Å². The summed E-state index contributed by atoms with van der Waals surface area (Å²) in [7, 11) is 0. The minimum absolute atomic E-state index is 0.000344. The number of nitrogens with one attached hydrogen (secondary N) is 2. The molecule has 0 radical (unpaired) electrons. The maximum Gasteiger partial charge on any atom is 0.238 e. The lowest BCUT2D eigenvalue weighted by Crippen LogP contribution is -2.39. The van der Waals surface area contributed by atoms with Gasteiger partial charge in [0, 0.05) is 5.92 Å². The summed E-state index contributed by atoms with van der Waals surface area (Å²) in [4.78, 5) is 12.5. The van der Waals surface area contributed by atoms with E-state index in [2.05, 4.69) is 20.8 Å². The van der Waals surface area contributed by atoms with Gasteiger partial charge in [0.05, 0.1) is 6.10 Å². The summed E-state index contributed by atoms with van der Waals surface area (Å²) in [5, 5.41) is 23.8. The molecule has 9 nitrogen and oxygen atoms in total. The number of piperidine rings is 1. The van der Waals surface area contributed by atoms with Crippen LogP contribution in [0.1, 0.15) is 62.9 Å². The summed E-state index contributed by atoms with van der Waals surface area (Å²) in [5.41, 5.74) is 11.4. The number of carbonyl (C=O) groups excluding carboxylic acids is 1. The van der Waals surface area contributed by atoms with Gasteiger partial charge >= 0.3 is 0 Å². The number of aliphatic hydroxyl groups is 1. The Kier molecular flexibility index (Phi) is 7.76. The van der Waals surface area contributed by atoms with Crippen molar-refractivity contribution >= 4 is 5.91 Å². The van der Waals surface area contributed by atoms with Crippen LogP contribution in [0.2, 0.25) is 0 Å². The summed E-state index contributed by atoms with van der Waals surface area (Å²) in [5.74, 6) is 0.509. The fraction of sp³-hybridized carbons (Fsp3) is 0.812. The van der Waals surface area contributed by atoms with E-state index in [0.29, 0.717) is 18.9 Å². The van der Waals surface area contributed by atoms with Crippen molar-refractivity contribution in [3.8, 4) is 0 Å². The first kappa shape index (κ1) is 19.8. The molecule has 2 rings (SSSR count). The Labute approximate surface area is 147 Å². The van der Waals surface area contributed by atoms with E-state index in [1.165, 1.54) is 0 Å². The van der Waals surface area contributed by atoms with Crippen LogP contribution in [0.3, 0.4) is 0 Å². The predicted octanol–water partition coefficient (Wildman–Crippen LogP) is -0.264. The van der Waals surface area contributed by atoms with Gasteiger partial charge < -0.3 is 31.6 Å². The molecule has 1 aliphatic heterocycles. The first-order chi connectivity index (χ1) is 12.0. The molecule has 9 heteroatoms. The van der Waals surface area contributed by atoms with Crippen molar-refractivity contribution in [2.45, 2.75) is 57.2 Å². The minimum atomic E-state index is -0.798. The van der Waals surface area contributed by atoms with E-state index in [9.17, 15) is 9.90 Å². The lowest BCUT2D eigenvalue weighted by Gasteiger charge is -2.24. The highest BCUT2D eigenvalue weighted by molar-refractivity contribution is 5.79. The Balaban J connectivity index is 2.05. The molecule has 1 fully saturated rings. The first-order valence-corrected chi connectivity index (χ1v) is 9.01. The van der Waals surface area contributed by atoms with Crippen molar-refractivity contribution in [1.82, 2.24) is 20.8 Å². The Morgan fingerprint density at radius 2 is 2.04 bits per heavy atom. The molecule has 2 heterocycles. The van der Waals surface area contributed by atoms with E-state index < -0.39 is 12.1 Å². The van der Waals surface area contributed by atoms with Crippen molar-refractivity contribution in [2.75, 3.05) is 19.6 Å². The van der Waals surface area contributed by atoms with Gasteiger partial charge in [-0.3, -0.25) is 4.79 Å². The molecule has 7 N–H and O–H groups in total. The smallest absolute Gasteiger partial charge is 0.238 e. The Hall–Kier alpha value is -1.55. The molecule has 0 aromatic carbocycles. The van der Waals surface area contributed by atoms with Crippen molar-refractivity contribution in [3.63, 3.8) is 0 Å². The summed E-state index contributed by atoms with van der Waals surface area (Å²) < 4.78 is 5.62. The van der Waals surface area contributed by atoms with Gasteiger partial charge in [-0.25, -0.2) is 0 Å². The number of hydrogen-bond acceptors (Lipinski definition) is 8. The van der Waals surface area contributed by atoms with Gasteiger partial charge in [-0.1, -0.05) is 0 Å². The number of aliphatic hydroxyl groups excluding tert-OH is 1. The van der Waals surface area contributed by atoms with Crippen LogP contribution in [0.15, 0.2) is 4.42 Å². The van der Waals surface area contributed by atoms with Crippen LogP contribution in [0.5, 0.6) is 0 Å². The third kappa shape index (κ3) is 5.74. The zero-order valence-electron chi connectivity index (χ0n) is 14.8. The fourth-order valence-electron chi connectivity index (χ4n) is 2.85. The van der Waals surface area contributed by atoms with Crippen LogP contribution < -0.4 is 22.1 Å². The second kappa shape index (κ2) is 9.81. The van der Waals surface area contributed by atoms with Gasteiger partial charge in [0.25, 0.3) is 0 Å². The number of hydrogen-bond donors (Lipinski definition) is 5. The Bertz CT molecular complexity index is 530. The van der Waals surface area contributed by atoms with Crippen LogP contribution in [0.25, 0.3) is 0 Å². The highest BCUT2D eigenvalue weighted by Gasteiger charge is 2.27. The standard InChI is InChI=1S/C16H30N6O3/c1-10(23)13(18)16-22-21-15(25-16)12(4-2-3-7-17)20-14(24)11-5-8-19-9-6-11/h10-13,19,23H,2-9,17-18H2,1H3,(H,20,24)/t10-,12+,13+/m1/s1. The van der Waals surface area contributed by atoms with E-state index in [4.69, 9.17) is 15.9 Å². The summed E-state index contributed by atoms with van der Waals surface area (Å²) >= 11 is 0. The fourth-order valence-corrected chi connectivity index (χ4v) is 2.85. The number of carbonyl (C=O) groups is 1. The zero-order valence-corrected chi connectivity index (χ0v) is 14.8. The van der Waals surface area contributed by atoms with Crippen LogP contribution in [-0.2, 0) is 4.79 Å². The molecule has 3 atom stereocenters. The maximum absolute atomic E-state index is 12.5. The molecule has 25 heavy (non-hydrogen) atoms. The number of aromatic nitrogens is 2. The van der Waals surface area contributed by atoms with E-state index in [1.54, 1.807) is 6.92 Å². The number of rotatable bonds is 9. The van der Waals surface area contributed by atoms with E-state index >= 15 is 0 Å². The van der Waals surface area contributed by atoms with Gasteiger partial charge in [0.15, 0.2) is 0 Å². The highest BCUT2D eigenvalue weighted by atomic mass is 16.4. The maximum atomic E-state index is 12.5. The lowest BCUT2D eigenvalue weighted by atomic mass is 9.96. The summed E-state index contributed by atoms with van der Waals surface area (Å²) in [6.45, 7) is 3.86. The molecule has 1 aromatic rings. The quantitative estimate of drug-likeness (QED) is 0.380. The Morgan fingerprint density at radius 1 is 1.36 bits per heavy atom. The Morgan fingerprint density at radius 3 is 2.68 bits per heavy atom. The second-order valence-electron chi connectivity index (χ2n) is 6.61. The molecule has 0 aliphatic carbocycles. The predicted molar refractivity (Wildman–Crippen MR) is 92.3 cm³/mol. The van der Waals surface area contributed by atoms with Gasteiger partial charge in [-0.05, 0) is 58.7 Å². The average molecular weight is 354 g/mol. The topological polar surface area (TPSA) is 152 Å². The van der Waals surface area contributed by atoms with Crippen molar-refractivity contribution in [2.24, 2.45) is 17.4 Å². The molecule has 0 unspecified atom stereocenters. The number of amides is 1. The van der Waals surface area contributed by atoms with E-state index in [-0.39, 0.29) is 23.8 Å². The monoisotopic (exact) mass is 354 g/mol. The van der Waals surface area contributed by atoms with E-state index in [0.717, 1.165) is 38.8 Å². The molecule has 0 spiro atoms. The minimum Gasteiger partial charge on any atom is -0.421 e.